The monoisotopic (exact) mass is 399 g/mol. The summed E-state index contributed by atoms with van der Waals surface area (Å²) >= 11 is 1.49. The summed E-state index contributed by atoms with van der Waals surface area (Å²) in [5.74, 6) is 0.403. The van der Waals surface area contributed by atoms with E-state index in [1.54, 1.807) is 4.90 Å². The smallest absolute Gasteiger partial charge is 0.314 e. The van der Waals surface area contributed by atoms with E-state index in [2.05, 4.69) is 0 Å². The predicted molar refractivity (Wildman–Crippen MR) is 110 cm³/mol. The second-order valence-electron chi connectivity index (χ2n) is 6.83. The highest BCUT2D eigenvalue weighted by molar-refractivity contribution is 8.00. The third kappa shape index (κ3) is 4.50. The number of amides is 1. The van der Waals surface area contributed by atoms with Crippen LogP contribution in [0, 0.1) is 0 Å². The molecule has 1 saturated heterocycles. The zero-order valence-electron chi connectivity index (χ0n) is 16.0. The summed E-state index contributed by atoms with van der Waals surface area (Å²) in [7, 11) is 0. The van der Waals surface area contributed by atoms with Crippen molar-refractivity contribution in [1.82, 2.24) is 4.90 Å². The number of nitrogens with zero attached hydrogens (tertiary/aromatic N) is 1. The molecule has 2 aromatic carbocycles. The summed E-state index contributed by atoms with van der Waals surface area (Å²) in [5, 5.41) is 9.86. The van der Waals surface area contributed by atoms with Crippen molar-refractivity contribution >= 4 is 23.6 Å². The van der Waals surface area contributed by atoms with Crippen molar-refractivity contribution in [2.45, 2.75) is 30.1 Å². The van der Waals surface area contributed by atoms with Crippen LogP contribution in [-0.2, 0) is 15.0 Å². The van der Waals surface area contributed by atoms with Gasteiger partial charge in [-0.1, -0.05) is 30.3 Å². The van der Waals surface area contributed by atoms with Gasteiger partial charge in [0.05, 0.1) is 17.8 Å². The molecule has 1 fully saturated rings. The number of benzene rings is 2. The molecule has 1 aliphatic rings. The van der Waals surface area contributed by atoms with Crippen LogP contribution in [0.2, 0.25) is 0 Å². The van der Waals surface area contributed by atoms with Gasteiger partial charge in [0.2, 0.25) is 5.91 Å². The second-order valence-corrected chi connectivity index (χ2v) is 7.88. The van der Waals surface area contributed by atoms with E-state index in [4.69, 9.17) is 4.74 Å². The Morgan fingerprint density at radius 3 is 2.29 bits per heavy atom. The number of hydrogen-bond acceptors (Lipinski definition) is 4. The van der Waals surface area contributed by atoms with Crippen molar-refractivity contribution in [2.24, 2.45) is 0 Å². The Morgan fingerprint density at radius 1 is 1.07 bits per heavy atom. The first-order chi connectivity index (χ1) is 13.5. The van der Waals surface area contributed by atoms with Gasteiger partial charge >= 0.3 is 5.97 Å². The van der Waals surface area contributed by atoms with Crippen LogP contribution in [0.4, 0.5) is 0 Å². The Morgan fingerprint density at radius 2 is 1.71 bits per heavy atom. The molecular formula is C22H25NO4S. The van der Waals surface area contributed by atoms with E-state index in [-0.39, 0.29) is 5.91 Å². The van der Waals surface area contributed by atoms with E-state index >= 15 is 0 Å². The first kappa shape index (κ1) is 20.3. The van der Waals surface area contributed by atoms with E-state index in [1.807, 2.05) is 61.5 Å². The van der Waals surface area contributed by atoms with Crippen molar-refractivity contribution in [3.63, 3.8) is 0 Å². The highest BCUT2D eigenvalue weighted by Crippen LogP contribution is 2.36. The van der Waals surface area contributed by atoms with Crippen LogP contribution >= 0.6 is 11.8 Å². The number of likely N-dealkylation sites (tertiary alicyclic amines) is 1. The average molecular weight is 400 g/mol. The Kier molecular flexibility index (Phi) is 6.62. The number of aliphatic carboxylic acids is 1. The Bertz CT molecular complexity index is 799. The summed E-state index contributed by atoms with van der Waals surface area (Å²) in [6.07, 6.45) is 0.873. The zero-order chi connectivity index (χ0) is 20.0. The maximum absolute atomic E-state index is 12.6. The normalized spacial score (nSPS) is 15.8. The van der Waals surface area contributed by atoms with Gasteiger partial charge in [-0.15, -0.1) is 11.8 Å². The molecule has 1 amide bonds. The van der Waals surface area contributed by atoms with Gasteiger partial charge in [-0.3, -0.25) is 9.59 Å². The van der Waals surface area contributed by atoms with Gasteiger partial charge in [0.25, 0.3) is 0 Å². The van der Waals surface area contributed by atoms with Crippen LogP contribution in [0.25, 0.3) is 0 Å². The fourth-order valence-electron chi connectivity index (χ4n) is 3.56. The summed E-state index contributed by atoms with van der Waals surface area (Å²) in [6, 6.07) is 17.1. The molecule has 0 aliphatic carbocycles. The van der Waals surface area contributed by atoms with Gasteiger partial charge < -0.3 is 14.7 Å². The molecule has 3 rings (SSSR count). The number of carboxylic acid groups (broad SMARTS) is 1. The molecule has 5 nitrogen and oxygen atoms in total. The fourth-order valence-corrected chi connectivity index (χ4v) is 4.36. The molecule has 0 saturated carbocycles. The van der Waals surface area contributed by atoms with Crippen LogP contribution in [0.3, 0.4) is 0 Å². The third-order valence-corrected chi connectivity index (χ3v) is 6.20. The molecule has 1 heterocycles. The van der Waals surface area contributed by atoms with E-state index < -0.39 is 11.4 Å². The fraction of sp³-hybridized carbons (Fsp3) is 0.364. The number of piperidine rings is 1. The lowest BCUT2D eigenvalue weighted by Gasteiger charge is -2.39. The average Bonchev–Trinajstić information content (AvgIpc) is 2.74. The molecule has 1 aliphatic heterocycles. The van der Waals surface area contributed by atoms with Crippen LogP contribution in [0.15, 0.2) is 59.5 Å². The van der Waals surface area contributed by atoms with E-state index in [1.165, 1.54) is 11.8 Å². The molecule has 28 heavy (non-hydrogen) atoms. The number of carbonyl (C=O) groups excluding carboxylic acids is 1. The number of carbonyl (C=O) groups is 2. The van der Waals surface area contributed by atoms with Gasteiger partial charge in [-0.2, -0.15) is 0 Å². The van der Waals surface area contributed by atoms with Crippen molar-refractivity contribution in [3.8, 4) is 5.75 Å². The van der Waals surface area contributed by atoms with E-state index in [0.29, 0.717) is 38.3 Å². The van der Waals surface area contributed by atoms with Crippen molar-refractivity contribution < 1.29 is 19.4 Å². The SMILES string of the molecule is CCOc1ccc(SCC(=O)N2CCC(C(=O)O)(c3ccccc3)CC2)cc1. The molecule has 0 aromatic heterocycles. The summed E-state index contributed by atoms with van der Waals surface area (Å²) in [4.78, 5) is 27.4. The molecule has 0 unspecified atom stereocenters. The summed E-state index contributed by atoms with van der Waals surface area (Å²) < 4.78 is 5.42. The van der Waals surface area contributed by atoms with Crippen LogP contribution in [0.5, 0.6) is 5.75 Å². The lowest BCUT2D eigenvalue weighted by Crippen LogP contribution is -2.49. The molecule has 1 N–H and O–H groups in total. The van der Waals surface area contributed by atoms with Gasteiger partial charge in [0.15, 0.2) is 0 Å². The molecule has 0 bridgehead atoms. The lowest BCUT2D eigenvalue weighted by atomic mass is 9.73. The standard InChI is InChI=1S/C22H25NO4S/c1-2-27-18-8-10-19(11-9-18)28-16-20(24)23-14-12-22(13-15-23,21(25)26)17-6-4-3-5-7-17/h3-11H,2,12-16H2,1H3,(H,25,26). The molecule has 2 aromatic rings. The molecular weight excluding hydrogens is 374 g/mol. The van der Waals surface area contributed by atoms with Gasteiger partial charge in [0.1, 0.15) is 5.75 Å². The van der Waals surface area contributed by atoms with Crippen LogP contribution in [-0.4, -0.2) is 47.3 Å². The number of hydrogen-bond donors (Lipinski definition) is 1. The number of rotatable bonds is 7. The summed E-state index contributed by atoms with van der Waals surface area (Å²) in [6.45, 7) is 3.49. The minimum atomic E-state index is -0.902. The first-order valence-electron chi connectivity index (χ1n) is 9.47. The number of carboxylic acids is 1. The van der Waals surface area contributed by atoms with Gasteiger partial charge in [0, 0.05) is 18.0 Å². The molecule has 0 spiro atoms. The highest BCUT2D eigenvalue weighted by Gasteiger charge is 2.43. The minimum Gasteiger partial charge on any atom is -0.494 e. The topological polar surface area (TPSA) is 66.8 Å². The quantitative estimate of drug-likeness (QED) is 0.717. The Hall–Kier alpha value is -2.47. The Labute approximate surface area is 169 Å². The van der Waals surface area contributed by atoms with Crippen molar-refractivity contribution in [2.75, 3.05) is 25.4 Å². The first-order valence-corrected chi connectivity index (χ1v) is 10.5. The highest BCUT2D eigenvalue weighted by atomic mass is 32.2. The van der Waals surface area contributed by atoms with Gasteiger partial charge in [-0.05, 0) is 49.6 Å². The maximum Gasteiger partial charge on any atom is 0.314 e. The molecule has 0 atom stereocenters. The van der Waals surface area contributed by atoms with Gasteiger partial charge in [-0.25, -0.2) is 0 Å². The third-order valence-electron chi connectivity index (χ3n) is 5.20. The predicted octanol–water partition coefficient (Wildman–Crippen LogP) is 3.82. The minimum absolute atomic E-state index is 0.0472. The van der Waals surface area contributed by atoms with E-state index in [9.17, 15) is 14.7 Å². The number of thioether (sulfide) groups is 1. The van der Waals surface area contributed by atoms with Crippen LogP contribution < -0.4 is 4.74 Å². The van der Waals surface area contributed by atoms with Crippen molar-refractivity contribution in [3.05, 3.63) is 60.2 Å². The molecule has 6 heteroatoms. The second kappa shape index (κ2) is 9.15. The lowest BCUT2D eigenvalue weighted by molar-refractivity contribution is -0.147. The van der Waals surface area contributed by atoms with Crippen LogP contribution in [0.1, 0.15) is 25.3 Å². The molecule has 0 radical (unpaired) electrons. The van der Waals surface area contributed by atoms with Crippen molar-refractivity contribution in [1.29, 1.82) is 0 Å². The number of ether oxygens (including phenoxy) is 1. The Balaban J connectivity index is 1.56. The summed E-state index contributed by atoms with van der Waals surface area (Å²) in [5.41, 5.74) is -0.0846. The van der Waals surface area contributed by atoms with E-state index in [0.717, 1.165) is 16.2 Å². The molecule has 148 valence electrons. The maximum atomic E-state index is 12.6. The zero-order valence-corrected chi connectivity index (χ0v) is 16.8. The largest absolute Gasteiger partial charge is 0.494 e.